The number of amides is 1. The third kappa shape index (κ3) is 5.74. The number of carbonyl (C=O) groups excluding carboxylic acids is 1. The molecular formula is C31H35ClN6O3. The average molecular weight is 575 g/mol. The molecule has 1 aliphatic carbocycles. The van der Waals surface area contributed by atoms with Crippen LogP contribution in [0, 0.1) is 12.8 Å². The lowest BCUT2D eigenvalue weighted by atomic mass is 9.85. The smallest absolute Gasteiger partial charge is 0.333 e. The van der Waals surface area contributed by atoms with E-state index in [0.29, 0.717) is 35.3 Å². The number of benzene rings is 1. The second kappa shape index (κ2) is 11.7. The minimum Gasteiger partial charge on any atom is -0.391 e. The molecule has 9 nitrogen and oxygen atoms in total. The van der Waals surface area contributed by atoms with Gasteiger partial charge in [0.05, 0.1) is 45.3 Å². The number of piperidine rings is 1. The number of para-hydroxylation sites is 2. The highest BCUT2D eigenvalue weighted by molar-refractivity contribution is 6.30. The van der Waals surface area contributed by atoms with Crippen LogP contribution in [-0.4, -0.2) is 55.4 Å². The summed E-state index contributed by atoms with van der Waals surface area (Å²) in [7, 11) is 0. The molecular weight excluding hydrogens is 540 g/mol. The third-order valence-electron chi connectivity index (χ3n) is 8.47. The number of hydrogen-bond donors (Lipinski definition) is 2. The summed E-state index contributed by atoms with van der Waals surface area (Å²) >= 11 is 6.05. The maximum absolute atomic E-state index is 13.8. The predicted octanol–water partition coefficient (Wildman–Crippen LogP) is 4.49. The van der Waals surface area contributed by atoms with Gasteiger partial charge in [-0.05, 0) is 81.7 Å². The first-order valence-electron chi connectivity index (χ1n) is 14.4. The van der Waals surface area contributed by atoms with E-state index in [1.54, 1.807) is 30.0 Å². The van der Waals surface area contributed by atoms with Gasteiger partial charge in [-0.2, -0.15) is 0 Å². The number of nitrogens with one attached hydrogen (secondary N) is 1. The van der Waals surface area contributed by atoms with E-state index in [4.69, 9.17) is 11.6 Å². The van der Waals surface area contributed by atoms with Crippen molar-refractivity contribution in [2.45, 2.75) is 64.1 Å². The van der Waals surface area contributed by atoms with Crippen molar-refractivity contribution in [3.63, 3.8) is 0 Å². The third-order valence-corrected chi connectivity index (χ3v) is 8.67. The van der Waals surface area contributed by atoms with Gasteiger partial charge in [-0.3, -0.25) is 18.9 Å². The van der Waals surface area contributed by atoms with Crippen molar-refractivity contribution in [2.24, 2.45) is 5.92 Å². The van der Waals surface area contributed by atoms with Crippen LogP contribution in [0.15, 0.2) is 59.7 Å². The molecule has 1 aliphatic heterocycles. The van der Waals surface area contributed by atoms with Gasteiger partial charge in [-0.25, -0.2) is 9.78 Å². The zero-order chi connectivity index (χ0) is 28.5. The fourth-order valence-electron chi connectivity index (χ4n) is 6.24. The number of hydrogen-bond acceptors (Lipinski definition) is 6. The van der Waals surface area contributed by atoms with E-state index in [0.717, 1.165) is 67.6 Å². The Morgan fingerprint density at radius 1 is 1.05 bits per heavy atom. The summed E-state index contributed by atoms with van der Waals surface area (Å²) in [5.74, 6) is 1.01. The molecule has 3 aromatic heterocycles. The summed E-state index contributed by atoms with van der Waals surface area (Å²) in [6.45, 7) is 3.88. The summed E-state index contributed by atoms with van der Waals surface area (Å²) < 4.78 is 3.62. The van der Waals surface area contributed by atoms with Crippen molar-refractivity contribution < 1.29 is 9.90 Å². The number of fused-ring (bicyclic) bond motifs is 1. The Balaban J connectivity index is 1.16. The molecule has 4 heterocycles. The van der Waals surface area contributed by atoms with Crippen LogP contribution in [0.3, 0.4) is 0 Å². The highest BCUT2D eigenvalue weighted by Crippen LogP contribution is 2.28. The average Bonchev–Trinajstić information content (AvgIpc) is 3.26. The lowest BCUT2D eigenvalue weighted by molar-refractivity contribution is 0.0919. The molecule has 41 heavy (non-hydrogen) atoms. The van der Waals surface area contributed by atoms with E-state index in [1.165, 1.54) is 0 Å². The normalized spacial score (nSPS) is 21.2. The summed E-state index contributed by atoms with van der Waals surface area (Å²) in [5.41, 5.74) is 3.57. The van der Waals surface area contributed by atoms with Gasteiger partial charge >= 0.3 is 5.69 Å². The molecule has 1 amide bonds. The molecule has 6 rings (SSSR count). The summed E-state index contributed by atoms with van der Waals surface area (Å²) in [6.07, 6.45) is 8.27. The zero-order valence-corrected chi connectivity index (χ0v) is 23.9. The molecule has 214 valence electrons. The SMILES string of the molecule is Cc1ncc(Cl)cc1C(=O)N[C@H]1CC[C@H](Cn2c(=O)n(-c3ccc(N4CCCC(O)C4)nc3)c3ccccc32)CC1. The molecule has 2 N–H and O–H groups in total. The van der Waals surface area contributed by atoms with Gasteiger partial charge in [-0.15, -0.1) is 0 Å². The topological polar surface area (TPSA) is 105 Å². The second-order valence-electron chi connectivity index (χ2n) is 11.3. The van der Waals surface area contributed by atoms with Crippen LogP contribution in [0.4, 0.5) is 5.82 Å². The van der Waals surface area contributed by atoms with Crippen LogP contribution in [0.1, 0.15) is 54.6 Å². The molecule has 10 heteroatoms. The quantitative estimate of drug-likeness (QED) is 0.351. The number of aliphatic hydroxyl groups excluding tert-OH is 1. The maximum Gasteiger partial charge on any atom is 0.333 e. The molecule has 1 aromatic carbocycles. The lowest BCUT2D eigenvalue weighted by Gasteiger charge is -2.31. The van der Waals surface area contributed by atoms with Crippen molar-refractivity contribution in [1.82, 2.24) is 24.4 Å². The molecule has 1 atom stereocenters. The number of aromatic nitrogens is 4. The van der Waals surface area contributed by atoms with Gasteiger partial charge in [0.25, 0.3) is 5.91 Å². The number of aliphatic hydroxyl groups is 1. The van der Waals surface area contributed by atoms with Crippen LogP contribution >= 0.6 is 11.6 Å². The Morgan fingerprint density at radius 2 is 1.83 bits per heavy atom. The Labute approximate surface area is 243 Å². The minimum atomic E-state index is -0.332. The molecule has 0 radical (unpaired) electrons. The molecule has 0 spiro atoms. The number of β-amino-alcohol motifs (C(OH)–C–C–N with tert-alkyl or cyclic N) is 1. The number of rotatable bonds is 6. The zero-order valence-electron chi connectivity index (χ0n) is 23.2. The van der Waals surface area contributed by atoms with Crippen molar-refractivity contribution in [2.75, 3.05) is 18.0 Å². The van der Waals surface area contributed by atoms with E-state index in [1.807, 2.05) is 41.0 Å². The number of nitrogens with zero attached hydrogens (tertiary/aromatic N) is 5. The first-order valence-corrected chi connectivity index (χ1v) is 14.8. The molecule has 1 saturated heterocycles. The van der Waals surface area contributed by atoms with Crippen LogP contribution in [-0.2, 0) is 6.54 Å². The molecule has 0 bridgehead atoms. The molecule has 2 fully saturated rings. The van der Waals surface area contributed by atoms with Gasteiger partial charge < -0.3 is 15.3 Å². The number of pyridine rings is 2. The Morgan fingerprint density at radius 3 is 2.56 bits per heavy atom. The number of carbonyl (C=O) groups is 1. The number of halogens is 1. The Hall–Kier alpha value is -3.69. The first kappa shape index (κ1) is 27.5. The van der Waals surface area contributed by atoms with Crippen LogP contribution < -0.4 is 15.9 Å². The van der Waals surface area contributed by atoms with Crippen LogP contribution in [0.2, 0.25) is 5.02 Å². The Kier molecular flexibility index (Phi) is 7.81. The van der Waals surface area contributed by atoms with Gasteiger partial charge in [0.2, 0.25) is 0 Å². The van der Waals surface area contributed by atoms with Crippen molar-refractivity contribution in [3.8, 4) is 5.69 Å². The van der Waals surface area contributed by atoms with Crippen LogP contribution in [0.25, 0.3) is 16.7 Å². The Bertz CT molecular complexity index is 1610. The second-order valence-corrected chi connectivity index (χ2v) is 11.7. The number of anilines is 1. The van der Waals surface area contributed by atoms with Crippen molar-refractivity contribution in [3.05, 3.63) is 81.6 Å². The lowest BCUT2D eigenvalue weighted by Crippen LogP contribution is -2.39. The van der Waals surface area contributed by atoms with E-state index in [2.05, 4.69) is 20.2 Å². The van der Waals surface area contributed by atoms with E-state index >= 15 is 0 Å². The fourth-order valence-corrected chi connectivity index (χ4v) is 6.40. The summed E-state index contributed by atoms with van der Waals surface area (Å²) in [6, 6.07) is 13.5. The molecule has 1 saturated carbocycles. The summed E-state index contributed by atoms with van der Waals surface area (Å²) in [4.78, 5) is 37.6. The van der Waals surface area contributed by atoms with Gasteiger partial charge in [-0.1, -0.05) is 23.7 Å². The van der Waals surface area contributed by atoms with Crippen molar-refractivity contribution >= 4 is 34.4 Å². The minimum absolute atomic E-state index is 0.0755. The highest BCUT2D eigenvalue weighted by Gasteiger charge is 2.26. The number of aryl methyl sites for hydroxylation is 1. The van der Waals surface area contributed by atoms with Crippen molar-refractivity contribution in [1.29, 1.82) is 0 Å². The monoisotopic (exact) mass is 574 g/mol. The largest absolute Gasteiger partial charge is 0.391 e. The van der Waals surface area contributed by atoms with E-state index in [9.17, 15) is 14.7 Å². The van der Waals surface area contributed by atoms with Crippen LogP contribution in [0.5, 0.6) is 0 Å². The van der Waals surface area contributed by atoms with Gasteiger partial charge in [0, 0.05) is 31.9 Å². The molecule has 1 unspecified atom stereocenters. The standard InChI is InChI=1S/C31H35ClN6O3/c1-20-26(15-22(32)16-33-20)30(40)35-23-10-8-21(9-11-23)18-37-27-6-2-3-7-28(27)38(31(37)41)24-12-13-29(34-17-24)36-14-4-5-25(39)19-36/h2-3,6-7,12-13,15-17,21,23,25,39H,4-5,8-11,14,18-19H2,1H3,(H,35,40)/t21-,23-,25?. The van der Waals surface area contributed by atoms with Gasteiger partial charge in [0.1, 0.15) is 5.82 Å². The molecule has 4 aromatic rings. The van der Waals surface area contributed by atoms with E-state index in [-0.39, 0.29) is 23.7 Å². The van der Waals surface area contributed by atoms with E-state index < -0.39 is 0 Å². The highest BCUT2D eigenvalue weighted by atomic mass is 35.5. The maximum atomic E-state index is 13.8. The molecule has 2 aliphatic rings. The predicted molar refractivity (Wildman–Crippen MR) is 160 cm³/mol. The number of imidazole rings is 1. The van der Waals surface area contributed by atoms with Gasteiger partial charge in [0.15, 0.2) is 0 Å². The fraction of sp³-hybridized carbons (Fsp3) is 0.419. The first-order chi connectivity index (χ1) is 19.9. The summed E-state index contributed by atoms with van der Waals surface area (Å²) in [5, 5.41) is 13.6.